The predicted molar refractivity (Wildman–Crippen MR) is 52.5 cm³/mol. The molecule has 2 N–H and O–H groups in total. The van der Waals surface area contributed by atoms with E-state index >= 15 is 0 Å². The molecule has 0 aromatic heterocycles. The minimum Gasteiger partial charge on any atom is -0.377 e. The molecular formula is C10H18N2O. The molecule has 1 aliphatic heterocycles. The van der Waals surface area contributed by atoms with E-state index in [0.717, 1.165) is 26.1 Å². The van der Waals surface area contributed by atoms with Gasteiger partial charge in [-0.1, -0.05) is 12.2 Å². The van der Waals surface area contributed by atoms with Crippen molar-refractivity contribution >= 4 is 0 Å². The molecule has 2 rings (SSSR count). The van der Waals surface area contributed by atoms with Gasteiger partial charge in [-0.05, 0) is 13.3 Å². The first kappa shape index (κ1) is 9.19. The van der Waals surface area contributed by atoms with Crippen LogP contribution in [0.5, 0.6) is 0 Å². The van der Waals surface area contributed by atoms with Crippen LogP contribution in [0.2, 0.25) is 0 Å². The molecule has 1 saturated carbocycles. The van der Waals surface area contributed by atoms with E-state index in [1.165, 1.54) is 0 Å². The number of rotatable bonds is 3. The third kappa shape index (κ3) is 1.64. The van der Waals surface area contributed by atoms with E-state index < -0.39 is 0 Å². The van der Waals surface area contributed by atoms with E-state index in [9.17, 15) is 0 Å². The Morgan fingerprint density at radius 1 is 1.46 bits per heavy atom. The lowest BCUT2D eigenvalue weighted by Crippen LogP contribution is -2.64. The summed E-state index contributed by atoms with van der Waals surface area (Å²) in [5.41, 5.74) is 5.97. The number of hydrogen-bond donors (Lipinski definition) is 1. The third-order valence-electron chi connectivity index (χ3n) is 2.97. The van der Waals surface area contributed by atoms with Gasteiger partial charge in [0.2, 0.25) is 0 Å². The maximum absolute atomic E-state index is 5.97. The lowest BCUT2D eigenvalue weighted by molar-refractivity contribution is -0.0718. The summed E-state index contributed by atoms with van der Waals surface area (Å²) in [6.07, 6.45) is 5.80. The molecule has 0 radical (unpaired) electrons. The average Bonchev–Trinajstić information content (AvgIpc) is 2.56. The molecule has 1 heterocycles. The van der Waals surface area contributed by atoms with Crippen molar-refractivity contribution < 1.29 is 4.74 Å². The smallest absolute Gasteiger partial charge is 0.0760 e. The number of ether oxygens (including phenoxy) is 1. The summed E-state index contributed by atoms with van der Waals surface area (Å²) in [4.78, 5) is 2.40. The fourth-order valence-electron chi connectivity index (χ4n) is 2.25. The minimum absolute atomic E-state index is 0.316. The normalized spacial score (nSPS) is 39.4. The molecule has 0 bridgehead atoms. The van der Waals surface area contributed by atoms with Gasteiger partial charge in [-0.2, -0.15) is 0 Å². The topological polar surface area (TPSA) is 38.5 Å². The van der Waals surface area contributed by atoms with Gasteiger partial charge in [0.25, 0.3) is 0 Å². The Labute approximate surface area is 79.5 Å². The predicted octanol–water partition coefficient (Wildman–Crippen LogP) is 0.363. The van der Waals surface area contributed by atoms with Gasteiger partial charge in [-0.25, -0.2) is 0 Å². The van der Waals surface area contributed by atoms with Gasteiger partial charge in [0.1, 0.15) is 0 Å². The molecule has 3 nitrogen and oxygen atoms in total. The van der Waals surface area contributed by atoms with Gasteiger partial charge >= 0.3 is 0 Å². The number of nitrogens with zero attached hydrogens (tertiary/aromatic N) is 1. The molecule has 0 saturated heterocycles. The monoisotopic (exact) mass is 182 g/mol. The van der Waals surface area contributed by atoms with E-state index in [1.807, 2.05) is 6.92 Å². The van der Waals surface area contributed by atoms with Gasteiger partial charge in [-0.3, -0.25) is 4.90 Å². The van der Waals surface area contributed by atoms with Crippen LogP contribution in [-0.2, 0) is 4.74 Å². The van der Waals surface area contributed by atoms with Crippen molar-refractivity contribution in [1.82, 2.24) is 4.90 Å². The van der Waals surface area contributed by atoms with Crippen LogP contribution in [0.4, 0.5) is 0 Å². The fraction of sp³-hybridized carbons (Fsp3) is 0.800. The Bertz CT molecular complexity index is 195. The summed E-state index contributed by atoms with van der Waals surface area (Å²) in [6.45, 7) is 4.93. The maximum atomic E-state index is 5.97. The number of nitrogens with two attached hydrogens (primary N) is 1. The van der Waals surface area contributed by atoms with E-state index in [-0.39, 0.29) is 0 Å². The summed E-state index contributed by atoms with van der Waals surface area (Å²) in [6, 6.07) is 0.770. The van der Waals surface area contributed by atoms with Gasteiger partial charge in [0.05, 0.1) is 12.1 Å². The molecule has 0 amide bonds. The molecular weight excluding hydrogens is 164 g/mol. The summed E-state index contributed by atoms with van der Waals surface area (Å²) in [7, 11) is 0. The van der Waals surface area contributed by atoms with Crippen LogP contribution in [0.25, 0.3) is 0 Å². The first-order valence-corrected chi connectivity index (χ1v) is 5.09. The van der Waals surface area contributed by atoms with Crippen LogP contribution in [0.1, 0.15) is 13.3 Å². The average molecular weight is 182 g/mol. The van der Waals surface area contributed by atoms with Crippen molar-refractivity contribution in [2.45, 2.75) is 31.5 Å². The fourth-order valence-corrected chi connectivity index (χ4v) is 2.25. The molecule has 3 atom stereocenters. The van der Waals surface area contributed by atoms with Gasteiger partial charge in [-0.15, -0.1) is 0 Å². The zero-order chi connectivity index (χ0) is 9.26. The second-order valence-corrected chi connectivity index (χ2v) is 3.81. The van der Waals surface area contributed by atoms with E-state index in [1.54, 1.807) is 0 Å². The highest BCUT2D eigenvalue weighted by molar-refractivity contribution is 5.07. The van der Waals surface area contributed by atoms with Crippen molar-refractivity contribution in [3.63, 3.8) is 0 Å². The molecule has 2 aliphatic rings. The minimum atomic E-state index is 0.316. The lowest BCUT2D eigenvalue weighted by Gasteiger charge is -2.47. The Hall–Kier alpha value is -0.380. The summed E-state index contributed by atoms with van der Waals surface area (Å²) < 4.78 is 5.62. The van der Waals surface area contributed by atoms with Crippen LogP contribution >= 0.6 is 0 Å². The van der Waals surface area contributed by atoms with Crippen molar-refractivity contribution in [3.05, 3.63) is 12.2 Å². The molecule has 0 aromatic rings. The van der Waals surface area contributed by atoms with Crippen LogP contribution in [0.15, 0.2) is 12.2 Å². The molecule has 1 aliphatic carbocycles. The summed E-state index contributed by atoms with van der Waals surface area (Å²) in [5.74, 6) is 0. The zero-order valence-electron chi connectivity index (χ0n) is 8.15. The molecule has 1 fully saturated rings. The van der Waals surface area contributed by atoms with E-state index in [0.29, 0.717) is 18.2 Å². The molecule has 0 aromatic carbocycles. The van der Waals surface area contributed by atoms with Crippen molar-refractivity contribution in [2.75, 3.05) is 19.7 Å². The standard InChI is InChI=1S/C10H18N2O/c1-2-13-9-7-8(11)10(9)12-5-3-4-6-12/h3-4,8-10H,2,5-7,11H2,1H3. The van der Waals surface area contributed by atoms with Crippen LogP contribution in [0, 0.1) is 0 Å². The van der Waals surface area contributed by atoms with Crippen LogP contribution in [-0.4, -0.2) is 42.8 Å². The largest absolute Gasteiger partial charge is 0.377 e. The van der Waals surface area contributed by atoms with Gasteiger partial charge in [0, 0.05) is 25.7 Å². The summed E-state index contributed by atoms with van der Waals surface area (Å²) >= 11 is 0. The molecule has 74 valence electrons. The van der Waals surface area contributed by atoms with Crippen LogP contribution < -0.4 is 5.73 Å². The SMILES string of the molecule is CCOC1CC(N)C1N1CC=CC1. The highest BCUT2D eigenvalue weighted by Gasteiger charge is 2.43. The van der Waals surface area contributed by atoms with Gasteiger partial charge < -0.3 is 10.5 Å². The quantitative estimate of drug-likeness (QED) is 0.641. The highest BCUT2D eigenvalue weighted by Crippen LogP contribution is 2.28. The van der Waals surface area contributed by atoms with E-state index in [4.69, 9.17) is 10.5 Å². The Morgan fingerprint density at radius 3 is 2.69 bits per heavy atom. The second kappa shape index (κ2) is 3.78. The molecule has 3 unspecified atom stereocenters. The van der Waals surface area contributed by atoms with Crippen molar-refractivity contribution in [2.24, 2.45) is 5.73 Å². The summed E-state index contributed by atoms with van der Waals surface area (Å²) in [5, 5.41) is 0. The molecule has 13 heavy (non-hydrogen) atoms. The Balaban J connectivity index is 1.88. The number of hydrogen-bond acceptors (Lipinski definition) is 3. The third-order valence-corrected chi connectivity index (χ3v) is 2.97. The van der Waals surface area contributed by atoms with E-state index in [2.05, 4.69) is 17.1 Å². The zero-order valence-corrected chi connectivity index (χ0v) is 8.15. The Morgan fingerprint density at radius 2 is 2.15 bits per heavy atom. The first-order chi connectivity index (χ1) is 6.33. The highest BCUT2D eigenvalue weighted by atomic mass is 16.5. The first-order valence-electron chi connectivity index (χ1n) is 5.09. The van der Waals surface area contributed by atoms with Crippen molar-refractivity contribution in [1.29, 1.82) is 0 Å². The molecule has 3 heteroatoms. The van der Waals surface area contributed by atoms with Crippen LogP contribution in [0.3, 0.4) is 0 Å². The second-order valence-electron chi connectivity index (χ2n) is 3.81. The lowest BCUT2D eigenvalue weighted by atomic mass is 9.82. The van der Waals surface area contributed by atoms with Gasteiger partial charge in [0.15, 0.2) is 0 Å². The van der Waals surface area contributed by atoms with Crippen molar-refractivity contribution in [3.8, 4) is 0 Å². The maximum Gasteiger partial charge on any atom is 0.0760 e. The molecule has 0 spiro atoms. The Kier molecular flexibility index (Phi) is 2.67.